The number of rotatable bonds is 3. The monoisotopic (exact) mass is 213 g/mol. The van der Waals surface area contributed by atoms with Crippen LogP contribution in [0.25, 0.3) is 0 Å². The fourth-order valence-corrected chi connectivity index (χ4v) is 2.25. The van der Waals surface area contributed by atoms with Crippen molar-refractivity contribution in [2.45, 2.75) is 38.4 Å². The molecule has 2 heterocycles. The van der Waals surface area contributed by atoms with E-state index in [0.29, 0.717) is 13.2 Å². The van der Waals surface area contributed by atoms with Crippen molar-refractivity contribution in [3.05, 3.63) is 0 Å². The van der Waals surface area contributed by atoms with Gasteiger partial charge in [-0.2, -0.15) is 0 Å². The second-order valence-corrected chi connectivity index (χ2v) is 4.50. The molecule has 15 heavy (non-hydrogen) atoms. The number of hydrogen-bond donors (Lipinski definition) is 1. The average molecular weight is 213 g/mol. The Balaban J connectivity index is 1.78. The van der Waals surface area contributed by atoms with E-state index in [-0.39, 0.29) is 11.8 Å². The van der Waals surface area contributed by atoms with Crippen LogP contribution in [0, 0.1) is 5.92 Å². The summed E-state index contributed by atoms with van der Waals surface area (Å²) >= 11 is 0. The third kappa shape index (κ3) is 2.69. The summed E-state index contributed by atoms with van der Waals surface area (Å²) in [7, 11) is 0. The van der Waals surface area contributed by atoms with Gasteiger partial charge in [0, 0.05) is 18.9 Å². The van der Waals surface area contributed by atoms with Crippen LogP contribution in [0.15, 0.2) is 0 Å². The lowest BCUT2D eigenvalue weighted by molar-refractivity contribution is -0.151. The molecule has 1 atom stereocenters. The number of ether oxygens (including phenoxy) is 2. The highest BCUT2D eigenvalue weighted by Crippen LogP contribution is 2.28. The van der Waals surface area contributed by atoms with E-state index in [2.05, 4.69) is 5.32 Å². The Bertz CT molecular complexity index is 236. The molecule has 0 bridgehead atoms. The highest BCUT2D eigenvalue weighted by atomic mass is 16.7. The zero-order chi connectivity index (χ0) is 10.7. The van der Waals surface area contributed by atoms with E-state index in [4.69, 9.17) is 9.47 Å². The summed E-state index contributed by atoms with van der Waals surface area (Å²) in [6.07, 6.45) is 3.77. The molecule has 1 amide bonds. The summed E-state index contributed by atoms with van der Waals surface area (Å²) in [5, 5.41) is 2.90. The first kappa shape index (κ1) is 10.9. The molecular weight excluding hydrogens is 194 g/mol. The lowest BCUT2D eigenvalue weighted by atomic mass is 9.92. The lowest BCUT2D eigenvalue weighted by Crippen LogP contribution is -2.37. The van der Waals surface area contributed by atoms with Crippen molar-refractivity contribution in [2.24, 2.45) is 5.92 Å². The third-order valence-corrected chi connectivity index (χ3v) is 3.24. The van der Waals surface area contributed by atoms with E-state index in [1.54, 1.807) is 0 Å². The lowest BCUT2D eigenvalue weighted by Gasteiger charge is -2.26. The molecule has 0 aliphatic carbocycles. The number of hydrogen-bond acceptors (Lipinski definition) is 3. The molecule has 0 saturated carbocycles. The molecule has 0 spiro atoms. The molecule has 0 aromatic heterocycles. The molecule has 0 aromatic rings. The van der Waals surface area contributed by atoms with Gasteiger partial charge in [-0.05, 0) is 26.2 Å². The van der Waals surface area contributed by atoms with Gasteiger partial charge in [0.05, 0.1) is 13.2 Å². The second kappa shape index (κ2) is 4.49. The number of carbonyl (C=O) groups is 1. The first-order chi connectivity index (χ1) is 7.20. The van der Waals surface area contributed by atoms with Crippen LogP contribution in [0.2, 0.25) is 0 Å². The summed E-state index contributed by atoms with van der Waals surface area (Å²) in [4.78, 5) is 11.5. The summed E-state index contributed by atoms with van der Waals surface area (Å²) in [5.74, 6) is -0.0937. The highest BCUT2D eigenvalue weighted by molar-refractivity contribution is 5.79. The van der Waals surface area contributed by atoms with Gasteiger partial charge in [0.15, 0.2) is 5.79 Å². The van der Waals surface area contributed by atoms with Gasteiger partial charge in [-0.15, -0.1) is 0 Å². The molecule has 2 saturated heterocycles. The summed E-state index contributed by atoms with van der Waals surface area (Å²) in [6, 6.07) is 0. The predicted molar refractivity (Wildman–Crippen MR) is 55.3 cm³/mol. The first-order valence-corrected chi connectivity index (χ1v) is 5.75. The average Bonchev–Trinajstić information content (AvgIpc) is 2.65. The molecule has 1 unspecified atom stereocenters. The molecule has 4 nitrogen and oxygen atoms in total. The number of carbonyl (C=O) groups excluding carboxylic acids is 1. The van der Waals surface area contributed by atoms with E-state index < -0.39 is 5.79 Å². The van der Waals surface area contributed by atoms with Crippen LogP contribution in [-0.4, -0.2) is 31.5 Å². The maximum Gasteiger partial charge on any atom is 0.223 e. The van der Waals surface area contributed by atoms with Crippen LogP contribution < -0.4 is 5.32 Å². The summed E-state index contributed by atoms with van der Waals surface area (Å²) in [5.41, 5.74) is 0. The van der Waals surface area contributed by atoms with Gasteiger partial charge in [0.25, 0.3) is 0 Å². The minimum atomic E-state index is -0.447. The van der Waals surface area contributed by atoms with Gasteiger partial charge in [0.1, 0.15) is 0 Å². The van der Waals surface area contributed by atoms with E-state index in [1.807, 2.05) is 6.92 Å². The van der Waals surface area contributed by atoms with Crippen molar-refractivity contribution < 1.29 is 14.3 Å². The minimum absolute atomic E-state index is 0.156. The zero-order valence-electron chi connectivity index (χ0n) is 9.25. The van der Waals surface area contributed by atoms with E-state index >= 15 is 0 Å². The fourth-order valence-electron chi connectivity index (χ4n) is 2.25. The second-order valence-electron chi connectivity index (χ2n) is 4.50. The maximum atomic E-state index is 11.5. The largest absolute Gasteiger partial charge is 0.356 e. The van der Waals surface area contributed by atoms with Gasteiger partial charge in [-0.1, -0.05) is 0 Å². The SMILES string of the molecule is CC1(CCC2CCCNC2=O)OCCO1. The van der Waals surface area contributed by atoms with Crippen LogP contribution in [0.1, 0.15) is 32.6 Å². The highest BCUT2D eigenvalue weighted by Gasteiger charge is 2.33. The Morgan fingerprint density at radius 2 is 2.20 bits per heavy atom. The van der Waals surface area contributed by atoms with E-state index in [1.165, 1.54) is 0 Å². The number of nitrogens with one attached hydrogen (secondary N) is 1. The van der Waals surface area contributed by atoms with Crippen molar-refractivity contribution in [1.29, 1.82) is 0 Å². The molecule has 2 rings (SSSR count). The van der Waals surface area contributed by atoms with Crippen molar-refractivity contribution in [1.82, 2.24) is 5.32 Å². The van der Waals surface area contributed by atoms with Crippen LogP contribution in [0.5, 0.6) is 0 Å². The van der Waals surface area contributed by atoms with Crippen LogP contribution in [0.4, 0.5) is 0 Å². The van der Waals surface area contributed by atoms with Crippen LogP contribution >= 0.6 is 0 Å². The zero-order valence-corrected chi connectivity index (χ0v) is 9.25. The number of piperidine rings is 1. The maximum absolute atomic E-state index is 11.5. The molecule has 0 aromatic carbocycles. The minimum Gasteiger partial charge on any atom is -0.356 e. The Hall–Kier alpha value is -0.610. The molecule has 2 fully saturated rings. The molecule has 4 heteroatoms. The quantitative estimate of drug-likeness (QED) is 0.762. The predicted octanol–water partition coefficient (Wildman–Crippen LogP) is 1.06. The first-order valence-electron chi connectivity index (χ1n) is 5.75. The summed E-state index contributed by atoms with van der Waals surface area (Å²) in [6.45, 7) is 4.14. The normalized spacial score (nSPS) is 30.2. The van der Waals surface area contributed by atoms with Crippen molar-refractivity contribution in [3.8, 4) is 0 Å². The van der Waals surface area contributed by atoms with Crippen LogP contribution in [-0.2, 0) is 14.3 Å². The van der Waals surface area contributed by atoms with Gasteiger partial charge in [0.2, 0.25) is 5.91 Å². The Morgan fingerprint density at radius 1 is 1.47 bits per heavy atom. The Morgan fingerprint density at radius 3 is 2.87 bits per heavy atom. The van der Waals surface area contributed by atoms with Crippen molar-refractivity contribution in [2.75, 3.05) is 19.8 Å². The molecule has 1 N–H and O–H groups in total. The Labute approximate surface area is 90.3 Å². The molecular formula is C11H19NO3. The van der Waals surface area contributed by atoms with E-state index in [0.717, 1.165) is 32.2 Å². The van der Waals surface area contributed by atoms with Gasteiger partial charge < -0.3 is 14.8 Å². The van der Waals surface area contributed by atoms with Gasteiger partial charge in [-0.25, -0.2) is 0 Å². The standard InChI is InChI=1S/C11H19NO3/c1-11(14-7-8-15-11)5-4-9-3-2-6-12-10(9)13/h9H,2-8H2,1H3,(H,12,13). The molecule has 2 aliphatic heterocycles. The van der Waals surface area contributed by atoms with Crippen molar-refractivity contribution >= 4 is 5.91 Å². The molecule has 2 aliphatic rings. The topological polar surface area (TPSA) is 47.6 Å². The molecule has 0 radical (unpaired) electrons. The fraction of sp³-hybridized carbons (Fsp3) is 0.909. The van der Waals surface area contributed by atoms with Crippen molar-refractivity contribution in [3.63, 3.8) is 0 Å². The van der Waals surface area contributed by atoms with Gasteiger partial charge >= 0.3 is 0 Å². The Kier molecular flexibility index (Phi) is 3.26. The van der Waals surface area contributed by atoms with Crippen LogP contribution in [0.3, 0.4) is 0 Å². The summed E-state index contributed by atoms with van der Waals surface area (Å²) < 4.78 is 11.0. The molecule has 86 valence electrons. The van der Waals surface area contributed by atoms with E-state index in [9.17, 15) is 4.79 Å². The van der Waals surface area contributed by atoms with Gasteiger partial charge in [-0.3, -0.25) is 4.79 Å². The smallest absolute Gasteiger partial charge is 0.223 e. The third-order valence-electron chi connectivity index (χ3n) is 3.24. The number of amides is 1.